The van der Waals surface area contributed by atoms with E-state index in [-0.39, 0.29) is 58.4 Å². The van der Waals surface area contributed by atoms with Crippen molar-refractivity contribution < 1.29 is 60.7 Å². The van der Waals surface area contributed by atoms with E-state index in [9.17, 15) is 0 Å². The van der Waals surface area contributed by atoms with Crippen molar-refractivity contribution in [3.05, 3.63) is 120 Å². The zero-order valence-electron chi connectivity index (χ0n) is 24.5. The molecule has 3 rings (SSSR count). The van der Waals surface area contributed by atoms with Crippen LogP contribution in [0.15, 0.2) is 12.1 Å². The first-order valence-electron chi connectivity index (χ1n) is 11.3. The molecule has 1 aromatic carbocycles. The van der Waals surface area contributed by atoms with Crippen molar-refractivity contribution in [2.24, 2.45) is 0 Å². The van der Waals surface area contributed by atoms with E-state index < -0.39 is 0 Å². The molecule has 2 aliphatic rings. The number of benzene rings is 1. The Morgan fingerprint density at radius 2 is 0.615 bits per heavy atom. The van der Waals surface area contributed by atoms with Gasteiger partial charge in [0.1, 0.15) is 0 Å². The van der Waals surface area contributed by atoms with Crippen LogP contribution in [0.25, 0.3) is 0 Å². The summed E-state index contributed by atoms with van der Waals surface area (Å²) in [5, 5.41) is 1.38. The van der Waals surface area contributed by atoms with Gasteiger partial charge < -0.3 is 0 Å². The second-order valence-electron chi connectivity index (χ2n) is 10.7. The van der Waals surface area contributed by atoms with Crippen LogP contribution < -0.4 is 5.30 Å². The Kier molecular flexibility index (Phi) is 39.1. The van der Waals surface area contributed by atoms with Gasteiger partial charge in [0.05, 0.1) is 0 Å². The molecule has 2 aliphatic carbocycles. The Labute approximate surface area is 272 Å². The fourth-order valence-electron chi connectivity index (χ4n) is 2.97. The second kappa shape index (κ2) is 29.5. The van der Waals surface area contributed by atoms with Crippen molar-refractivity contribution >= 4 is 14.5 Å². The third-order valence-electron chi connectivity index (χ3n) is 4.77. The summed E-state index contributed by atoms with van der Waals surface area (Å²) in [7, 11) is 2.98. The molecule has 0 aromatic heterocycles. The van der Waals surface area contributed by atoms with Crippen LogP contribution in [0.2, 0.25) is 0 Å². The first kappa shape index (κ1) is 51.7. The molecule has 1 aromatic rings. The van der Waals surface area contributed by atoms with Gasteiger partial charge in [0.25, 0.3) is 0 Å². The summed E-state index contributed by atoms with van der Waals surface area (Å²) in [6.45, 7) is 38.7. The van der Waals surface area contributed by atoms with E-state index in [1.54, 1.807) is 0 Å². The summed E-state index contributed by atoms with van der Waals surface area (Å²) < 4.78 is 30.0. The molecule has 39 heavy (non-hydrogen) atoms. The zero-order chi connectivity index (χ0) is 30.3. The van der Waals surface area contributed by atoms with E-state index in [1.165, 1.54) is 22.0 Å². The minimum absolute atomic E-state index is 0. The van der Waals surface area contributed by atoms with E-state index in [1.807, 2.05) is 64.2 Å². The Balaban J connectivity index is -0.000000112. The summed E-state index contributed by atoms with van der Waals surface area (Å²) >= 11 is 0. The maximum Gasteiger partial charge on any atom is 0 e. The molecule has 0 N–H and O–H groups in total. The predicted molar refractivity (Wildman–Crippen MR) is 151 cm³/mol. The van der Waals surface area contributed by atoms with Gasteiger partial charge in [-0.25, -0.2) is 0 Å². The topological polar surface area (TPSA) is 79.6 Å². The summed E-state index contributed by atoms with van der Waals surface area (Å²) in [6.07, 6.45) is 20.0. The Morgan fingerprint density at radius 3 is 0.744 bits per heavy atom. The van der Waals surface area contributed by atoms with Crippen molar-refractivity contribution in [2.75, 3.05) is 0 Å². The molecule has 4 nitrogen and oxygen atoms in total. The molecule has 0 amide bonds. The van der Waals surface area contributed by atoms with Crippen LogP contribution in [0.1, 0.15) is 79.0 Å². The van der Waals surface area contributed by atoms with E-state index in [2.05, 4.69) is 110 Å². The molecule has 7 heteroatoms. The van der Waals surface area contributed by atoms with Crippen LogP contribution in [0, 0.1) is 90.8 Å². The van der Waals surface area contributed by atoms with Crippen LogP contribution in [-0.4, -0.2) is 0 Å². The van der Waals surface area contributed by atoms with Crippen LogP contribution in [0.4, 0.5) is 0 Å². The first-order chi connectivity index (χ1) is 17.2. The van der Waals surface area contributed by atoms with Crippen LogP contribution in [0.5, 0.6) is 0 Å². The van der Waals surface area contributed by atoms with Crippen molar-refractivity contribution in [1.82, 2.24) is 0 Å². The molecule has 2 saturated carbocycles. The molecule has 1 unspecified atom stereocenters. The number of rotatable bonds is 0. The van der Waals surface area contributed by atoms with Gasteiger partial charge in [-0.2, -0.15) is 0 Å². The Bertz CT molecular complexity index is 701. The third kappa shape index (κ3) is 25.4. The Hall–Kier alpha value is -0.0134. The zero-order valence-corrected chi connectivity index (χ0v) is 29.6. The van der Waals surface area contributed by atoms with Gasteiger partial charge >= 0.3 is 45.2 Å². The fraction of sp³-hybridized carbons (Fsp3) is 0.375. The van der Waals surface area contributed by atoms with Gasteiger partial charge in [-0.15, -0.1) is 9.24 Å². The van der Waals surface area contributed by atoms with Gasteiger partial charge in [-0.1, -0.05) is 74.4 Å². The van der Waals surface area contributed by atoms with Crippen LogP contribution >= 0.6 is 9.24 Å². The summed E-state index contributed by atoms with van der Waals surface area (Å²) in [5.41, 5.74) is 4.90. The van der Waals surface area contributed by atoms with E-state index in [0.717, 1.165) is 0 Å². The van der Waals surface area contributed by atoms with Crippen LogP contribution in [-0.2, 0) is 77.0 Å². The molecular weight excluding hydrogens is 671 g/mol. The molecule has 0 aliphatic heterocycles. The normalized spacial score (nSPS) is 13.1. The minimum Gasteiger partial charge on any atom is -0.0312 e. The van der Waals surface area contributed by atoms with Gasteiger partial charge in [0.15, 0.2) is 0 Å². The molecule has 10 radical (unpaired) electrons. The van der Waals surface area contributed by atoms with Crippen molar-refractivity contribution in [1.29, 1.82) is 0 Å². The SMILES string of the molecule is CC(C)(C)c1cc(C(C)(C)C)c(P)c(C(C)(C)C)c1.[C-]#[O+].[C-]#[O+].[C-]#[O+].[C-]#[O+].[CH]1[CH][CH][CH][CH]1.[CH]1[CH][CH][CH][CH]1.[Mo].[Mo]. The van der Waals surface area contributed by atoms with Crippen LogP contribution in [0.3, 0.4) is 0 Å². The molecule has 0 bridgehead atoms. The molecule has 0 saturated heterocycles. The van der Waals surface area contributed by atoms with E-state index in [0.29, 0.717) is 0 Å². The molecule has 0 spiro atoms. The molecule has 210 valence electrons. The third-order valence-corrected chi connectivity index (χ3v) is 5.40. The smallest absolute Gasteiger partial charge is 0 e. The standard InChI is InChI=1S/C18H31P.2C5H5.4CO.2Mo/c1-16(2,3)12-10-13(17(4,5)6)15(19)14(11-12)18(7,8)9;2*1-2-4-5-3-1;4*1-2;;/h10-11H,19H2,1-9H3;2*1-5H;;;;;;. The van der Waals surface area contributed by atoms with Crippen molar-refractivity contribution in [2.45, 2.75) is 78.6 Å². The summed E-state index contributed by atoms with van der Waals surface area (Å²) in [4.78, 5) is 0. The van der Waals surface area contributed by atoms with Crippen molar-refractivity contribution in [3.63, 3.8) is 0 Å². The monoisotopic (exact) mass is 716 g/mol. The largest absolute Gasteiger partial charge is 0.0312 e. The average Bonchev–Trinajstić information content (AvgIpc) is 3.62. The summed E-state index contributed by atoms with van der Waals surface area (Å²) in [5.74, 6) is 0. The van der Waals surface area contributed by atoms with Gasteiger partial charge in [0, 0.05) is 42.1 Å². The first-order valence-corrected chi connectivity index (χ1v) is 11.9. The van der Waals surface area contributed by atoms with Gasteiger partial charge in [-0.3, -0.25) is 0 Å². The van der Waals surface area contributed by atoms with Gasteiger partial charge in [-0.05, 0) is 102 Å². The minimum atomic E-state index is 0. The van der Waals surface area contributed by atoms with Gasteiger partial charge in [0.2, 0.25) is 0 Å². The van der Waals surface area contributed by atoms with E-state index >= 15 is 0 Å². The summed E-state index contributed by atoms with van der Waals surface area (Å²) in [6, 6.07) is 4.80. The average molecular weight is 713 g/mol. The number of hydrogen-bond acceptors (Lipinski definition) is 0. The molecule has 0 heterocycles. The second-order valence-corrected chi connectivity index (χ2v) is 11.2. The molecule has 1 atom stereocenters. The maximum atomic E-state index is 7.50. The number of hydrogen-bond donors (Lipinski definition) is 0. The van der Waals surface area contributed by atoms with Crippen molar-refractivity contribution in [3.8, 4) is 0 Å². The van der Waals surface area contributed by atoms with E-state index in [4.69, 9.17) is 18.6 Å². The quantitative estimate of drug-likeness (QED) is 0.121. The molecular formula is C32H41Mo2O4P. The fourth-order valence-corrected chi connectivity index (χ4v) is 4.00. The maximum absolute atomic E-state index is 7.50. The Morgan fingerprint density at radius 1 is 0.436 bits per heavy atom. The molecule has 2 fully saturated rings. The predicted octanol–water partition coefficient (Wildman–Crippen LogP) is 6.97.